The fourth-order valence-electron chi connectivity index (χ4n) is 7.18. The predicted octanol–water partition coefficient (Wildman–Crippen LogP) is 14.3. The first kappa shape index (κ1) is 31.1. The maximum Gasteiger partial charge on any atom is 0.0468 e. The van der Waals surface area contributed by atoms with Gasteiger partial charge in [-0.2, -0.15) is 0 Å². The quantitative estimate of drug-likeness (QED) is 0.159. The van der Waals surface area contributed by atoms with E-state index in [0.717, 1.165) is 34.1 Å². The van der Waals surface area contributed by atoms with Crippen molar-refractivity contribution in [1.82, 2.24) is 0 Å². The molecule has 0 spiro atoms. The summed E-state index contributed by atoms with van der Waals surface area (Å²) in [6, 6.07) is 78.3. The van der Waals surface area contributed by atoms with Gasteiger partial charge in [0.15, 0.2) is 0 Å². The molecule has 9 aromatic carbocycles. The lowest BCUT2D eigenvalue weighted by molar-refractivity contribution is 1.29. The average molecular weight is 665 g/mol. The Morgan fingerprint density at radius 3 is 0.962 bits per heavy atom. The van der Waals surface area contributed by atoms with Gasteiger partial charge in [-0.05, 0) is 117 Å². The number of anilines is 6. The van der Waals surface area contributed by atoms with Crippen molar-refractivity contribution in [2.75, 3.05) is 9.80 Å². The zero-order chi connectivity index (χ0) is 34.7. The van der Waals surface area contributed by atoms with E-state index in [1.807, 2.05) is 0 Å². The molecule has 0 heterocycles. The Hall–Kier alpha value is -6.90. The molecule has 2 heteroatoms. The topological polar surface area (TPSA) is 6.48 Å². The molecule has 9 rings (SSSR count). The average Bonchev–Trinajstić information content (AvgIpc) is 3.22. The van der Waals surface area contributed by atoms with Crippen LogP contribution in [0.1, 0.15) is 0 Å². The van der Waals surface area contributed by atoms with Crippen molar-refractivity contribution >= 4 is 55.7 Å². The summed E-state index contributed by atoms with van der Waals surface area (Å²) in [5.74, 6) is 0. The van der Waals surface area contributed by atoms with Gasteiger partial charge in [-0.25, -0.2) is 0 Å². The number of benzene rings is 9. The van der Waals surface area contributed by atoms with Crippen LogP contribution in [-0.2, 0) is 0 Å². The molecule has 0 bridgehead atoms. The van der Waals surface area contributed by atoms with Crippen molar-refractivity contribution in [3.05, 3.63) is 218 Å². The molecule has 0 atom stereocenters. The molecule has 0 aliphatic heterocycles. The van der Waals surface area contributed by atoms with Gasteiger partial charge in [0.2, 0.25) is 0 Å². The second-order valence-electron chi connectivity index (χ2n) is 13.1. The zero-order valence-corrected chi connectivity index (χ0v) is 28.7. The molecular formula is C50H36N2. The van der Waals surface area contributed by atoms with Crippen molar-refractivity contribution in [1.29, 1.82) is 0 Å². The highest BCUT2D eigenvalue weighted by molar-refractivity contribution is 5.91. The van der Waals surface area contributed by atoms with Crippen LogP contribution in [-0.4, -0.2) is 0 Å². The van der Waals surface area contributed by atoms with Crippen LogP contribution in [0.4, 0.5) is 34.1 Å². The smallest absolute Gasteiger partial charge is 0.0468 e. The van der Waals surface area contributed by atoms with Crippen LogP contribution < -0.4 is 9.80 Å². The third kappa shape index (κ3) is 6.19. The molecule has 2 nitrogen and oxygen atoms in total. The number of nitrogens with zero attached hydrogens (tertiary/aromatic N) is 2. The van der Waals surface area contributed by atoms with E-state index in [0.29, 0.717) is 0 Å². The molecule has 0 fully saturated rings. The molecule has 0 saturated carbocycles. The number of hydrogen-bond acceptors (Lipinski definition) is 2. The van der Waals surface area contributed by atoms with E-state index in [4.69, 9.17) is 0 Å². The molecule has 0 unspecified atom stereocenters. The van der Waals surface area contributed by atoms with Crippen LogP contribution in [0, 0.1) is 0 Å². The van der Waals surface area contributed by atoms with E-state index >= 15 is 0 Å². The van der Waals surface area contributed by atoms with Gasteiger partial charge >= 0.3 is 0 Å². The summed E-state index contributed by atoms with van der Waals surface area (Å²) < 4.78 is 0. The number of para-hydroxylation sites is 2. The van der Waals surface area contributed by atoms with E-state index in [1.54, 1.807) is 0 Å². The van der Waals surface area contributed by atoms with Crippen LogP contribution >= 0.6 is 0 Å². The maximum absolute atomic E-state index is 2.34. The molecule has 0 aliphatic rings. The summed E-state index contributed by atoms with van der Waals surface area (Å²) >= 11 is 0. The maximum atomic E-state index is 2.34. The van der Waals surface area contributed by atoms with Crippen molar-refractivity contribution in [2.45, 2.75) is 0 Å². The highest BCUT2D eigenvalue weighted by atomic mass is 15.1. The Kier molecular flexibility index (Phi) is 8.24. The highest BCUT2D eigenvalue weighted by Crippen LogP contribution is 2.40. The Morgan fingerprint density at radius 1 is 0.192 bits per heavy atom. The van der Waals surface area contributed by atoms with Crippen LogP contribution in [0.3, 0.4) is 0 Å². The minimum atomic E-state index is 1.12. The Bertz CT molecular complexity index is 2440. The lowest BCUT2D eigenvalue weighted by Crippen LogP contribution is -2.10. The van der Waals surface area contributed by atoms with Gasteiger partial charge in [-0.3, -0.25) is 0 Å². The Balaban J connectivity index is 1.05. The van der Waals surface area contributed by atoms with Crippen molar-refractivity contribution in [3.63, 3.8) is 0 Å². The van der Waals surface area contributed by atoms with E-state index in [-0.39, 0.29) is 0 Å². The van der Waals surface area contributed by atoms with E-state index in [2.05, 4.69) is 228 Å². The van der Waals surface area contributed by atoms with E-state index in [1.165, 1.54) is 43.8 Å². The summed E-state index contributed by atoms with van der Waals surface area (Å²) in [6.07, 6.45) is 0. The zero-order valence-electron chi connectivity index (χ0n) is 28.7. The first-order valence-electron chi connectivity index (χ1n) is 17.8. The summed E-state index contributed by atoms with van der Waals surface area (Å²) in [5, 5.41) is 4.92. The predicted molar refractivity (Wildman–Crippen MR) is 222 cm³/mol. The minimum Gasteiger partial charge on any atom is -0.310 e. The first-order chi connectivity index (χ1) is 25.8. The van der Waals surface area contributed by atoms with Gasteiger partial charge < -0.3 is 9.80 Å². The highest BCUT2D eigenvalue weighted by Gasteiger charge is 2.16. The summed E-state index contributed by atoms with van der Waals surface area (Å²) in [4.78, 5) is 4.67. The first-order valence-corrected chi connectivity index (χ1v) is 17.8. The largest absolute Gasteiger partial charge is 0.310 e. The van der Waals surface area contributed by atoms with Crippen molar-refractivity contribution in [2.24, 2.45) is 0 Å². The molecule has 246 valence electrons. The van der Waals surface area contributed by atoms with Gasteiger partial charge in [0.05, 0.1) is 0 Å². The molecule has 0 amide bonds. The molecule has 9 aromatic rings. The molecular weight excluding hydrogens is 629 g/mol. The fourth-order valence-corrected chi connectivity index (χ4v) is 7.18. The van der Waals surface area contributed by atoms with Gasteiger partial charge in [0.1, 0.15) is 0 Å². The third-order valence-corrected chi connectivity index (χ3v) is 9.77. The third-order valence-electron chi connectivity index (χ3n) is 9.77. The summed E-state index contributed by atoms with van der Waals surface area (Å²) in [5.41, 5.74) is 11.4. The second-order valence-corrected chi connectivity index (χ2v) is 13.1. The molecule has 0 saturated heterocycles. The molecule has 0 aliphatic carbocycles. The van der Waals surface area contributed by atoms with Crippen LogP contribution in [0.25, 0.3) is 43.8 Å². The van der Waals surface area contributed by atoms with Crippen LogP contribution in [0.2, 0.25) is 0 Å². The van der Waals surface area contributed by atoms with Gasteiger partial charge in [-0.15, -0.1) is 0 Å². The van der Waals surface area contributed by atoms with E-state index < -0.39 is 0 Å². The van der Waals surface area contributed by atoms with Crippen LogP contribution in [0.5, 0.6) is 0 Å². The number of fused-ring (bicyclic) bond motifs is 2. The van der Waals surface area contributed by atoms with Crippen molar-refractivity contribution in [3.8, 4) is 22.3 Å². The van der Waals surface area contributed by atoms with Gasteiger partial charge in [0.25, 0.3) is 0 Å². The SMILES string of the molecule is c1ccc(N(c2cccc(-c3ccc(-c4cccc(N(c5ccccc5)c5ccc6ccccc6c5)c4)cc3)c2)c2ccc3ccccc3c2)cc1. The lowest BCUT2D eigenvalue weighted by Gasteiger charge is -2.26. The Labute approximate surface area is 305 Å². The van der Waals surface area contributed by atoms with Crippen molar-refractivity contribution < 1.29 is 0 Å². The minimum absolute atomic E-state index is 1.12. The monoisotopic (exact) mass is 664 g/mol. The molecule has 52 heavy (non-hydrogen) atoms. The lowest BCUT2D eigenvalue weighted by atomic mass is 9.99. The van der Waals surface area contributed by atoms with E-state index in [9.17, 15) is 0 Å². The number of rotatable bonds is 8. The fraction of sp³-hybridized carbons (Fsp3) is 0. The van der Waals surface area contributed by atoms with Crippen LogP contribution in [0.15, 0.2) is 218 Å². The molecule has 0 aromatic heterocycles. The Morgan fingerprint density at radius 2 is 0.538 bits per heavy atom. The molecule has 0 N–H and O–H groups in total. The van der Waals surface area contributed by atoms with Gasteiger partial charge in [0, 0.05) is 34.1 Å². The number of hydrogen-bond donors (Lipinski definition) is 0. The summed E-state index contributed by atoms with van der Waals surface area (Å²) in [6.45, 7) is 0. The van der Waals surface area contributed by atoms with Gasteiger partial charge in [-0.1, -0.05) is 146 Å². The molecule has 0 radical (unpaired) electrons. The standard InChI is InChI=1S/C50H36N2/c1-3-19-45(20-4-1)51(49-31-29-37-13-7-9-15-41(37)35-49)47-23-11-17-43(33-47)39-25-27-40(28-26-39)44-18-12-24-48(34-44)52(46-21-5-2-6-22-46)50-32-30-38-14-8-10-16-42(38)36-50/h1-36H. The summed E-state index contributed by atoms with van der Waals surface area (Å²) in [7, 11) is 0. The second kappa shape index (κ2) is 13.8. The normalized spacial score (nSPS) is 11.1.